The van der Waals surface area contributed by atoms with Crippen molar-refractivity contribution in [2.75, 3.05) is 6.61 Å². The van der Waals surface area contributed by atoms with Crippen molar-refractivity contribution in [3.05, 3.63) is 48.0 Å². The Morgan fingerprint density at radius 3 is 2.84 bits per heavy atom. The molecule has 3 nitrogen and oxygen atoms in total. The van der Waals surface area contributed by atoms with Gasteiger partial charge in [0.1, 0.15) is 0 Å². The monoisotopic (exact) mass is 256 g/mol. The molecule has 0 aromatic heterocycles. The summed E-state index contributed by atoms with van der Waals surface area (Å²) in [7, 11) is 0. The summed E-state index contributed by atoms with van der Waals surface area (Å²) in [4.78, 5) is 0. The van der Waals surface area contributed by atoms with Crippen LogP contribution in [0.15, 0.2) is 42.5 Å². The number of hydrazine groups is 1. The summed E-state index contributed by atoms with van der Waals surface area (Å²) in [5.74, 6) is 5.77. The molecule has 1 heterocycles. The largest absolute Gasteiger partial charge is 0.378 e. The predicted octanol–water partition coefficient (Wildman–Crippen LogP) is 2.91. The first-order valence-electron chi connectivity index (χ1n) is 6.94. The van der Waals surface area contributed by atoms with Crippen molar-refractivity contribution in [3.8, 4) is 0 Å². The van der Waals surface area contributed by atoms with Crippen molar-refractivity contribution in [1.82, 2.24) is 5.43 Å². The molecule has 2 aromatic carbocycles. The fourth-order valence-corrected chi connectivity index (χ4v) is 2.93. The van der Waals surface area contributed by atoms with E-state index in [9.17, 15) is 0 Å². The Bertz CT molecular complexity index is 544. The normalized spacial score (nSPS) is 20.8. The molecule has 3 rings (SSSR count). The van der Waals surface area contributed by atoms with E-state index < -0.39 is 0 Å². The van der Waals surface area contributed by atoms with Gasteiger partial charge in [0.25, 0.3) is 0 Å². The maximum atomic E-state index is 5.77. The molecule has 19 heavy (non-hydrogen) atoms. The highest BCUT2D eigenvalue weighted by Gasteiger charge is 2.22. The van der Waals surface area contributed by atoms with Crippen LogP contribution in [0.2, 0.25) is 0 Å². The molecule has 3 N–H and O–H groups in total. The molecule has 0 saturated carbocycles. The van der Waals surface area contributed by atoms with Crippen LogP contribution in [-0.2, 0) is 4.74 Å². The molecule has 1 aliphatic rings. The number of nitrogens with one attached hydrogen (secondary N) is 1. The molecule has 0 bridgehead atoms. The standard InChI is InChI=1S/C16H20N2O/c17-18-16(11-13-7-4-10-19-13)15-9-3-6-12-5-1-2-8-14(12)15/h1-3,5-6,8-9,13,16,18H,4,7,10-11,17H2. The van der Waals surface area contributed by atoms with Gasteiger partial charge in [-0.05, 0) is 35.6 Å². The van der Waals surface area contributed by atoms with Crippen molar-refractivity contribution >= 4 is 10.8 Å². The average Bonchev–Trinajstić information content (AvgIpc) is 2.97. The van der Waals surface area contributed by atoms with Gasteiger partial charge >= 0.3 is 0 Å². The quantitative estimate of drug-likeness (QED) is 0.653. The first-order chi connectivity index (χ1) is 9.38. The lowest BCUT2D eigenvalue weighted by Crippen LogP contribution is -2.31. The molecule has 0 amide bonds. The summed E-state index contributed by atoms with van der Waals surface area (Å²) >= 11 is 0. The highest BCUT2D eigenvalue weighted by Crippen LogP contribution is 2.29. The van der Waals surface area contributed by atoms with E-state index in [1.165, 1.54) is 16.3 Å². The zero-order valence-corrected chi connectivity index (χ0v) is 11.0. The van der Waals surface area contributed by atoms with E-state index in [0.717, 1.165) is 25.9 Å². The van der Waals surface area contributed by atoms with Crippen LogP contribution < -0.4 is 11.3 Å². The lowest BCUT2D eigenvalue weighted by Gasteiger charge is -2.21. The van der Waals surface area contributed by atoms with Crippen LogP contribution in [-0.4, -0.2) is 12.7 Å². The van der Waals surface area contributed by atoms with E-state index in [4.69, 9.17) is 10.6 Å². The zero-order valence-electron chi connectivity index (χ0n) is 11.0. The fourth-order valence-electron chi connectivity index (χ4n) is 2.93. The molecule has 1 saturated heterocycles. The Kier molecular flexibility index (Phi) is 3.78. The van der Waals surface area contributed by atoms with E-state index in [0.29, 0.717) is 6.10 Å². The van der Waals surface area contributed by atoms with Crippen molar-refractivity contribution in [2.24, 2.45) is 5.84 Å². The highest BCUT2D eigenvalue weighted by molar-refractivity contribution is 5.86. The third-order valence-corrected chi connectivity index (χ3v) is 3.92. The van der Waals surface area contributed by atoms with Crippen molar-refractivity contribution < 1.29 is 4.74 Å². The second kappa shape index (κ2) is 5.70. The second-order valence-electron chi connectivity index (χ2n) is 5.16. The number of nitrogens with two attached hydrogens (primary N) is 1. The van der Waals surface area contributed by atoms with Gasteiger partial charge in [-0.25, -0.2) is 0 Å². The van der Waals surface area contributed by atoms with Crippen LogP contribution in [0.4, 0.5) is 0 Å². The molecule has 1 aliphatic heterocycles. The summed E-state index contributed by atoms with van der Waals surface area (Å²) in [6.45, 7) is 0.886. The van der Waals surface area contributed by atoms with Gasteiger partial charge in [-0.15, -0.1) is 0 Å². The summed E-state index contributed by atoms with van der Waals surface area (Å²) in [6.07, 6.45) is 3.57. The molecular weight excluding hydrogens is 236 g/mol. The van der Waals surface area contributed by atoms with Crippen LogP contribution in [0.25, 0.3) is 10.8 Å². The minimum absolute atomic E-state index is 0.147. The molecule has 1 fully saturated rings. The predicted molar refractivity (Wildman–Crippen MR) is 77.6 cm³/mol. The first-order valence-corrected chi connectivity index (χ1v) is 6.94. The Morgan fingerprint density at radius 1 is 1.21 bits per heavy atom. The maximum Gasteiger partial charge on any atom is 0.0594 e. The van der Waals surface area contributed by atoms with Gasteiger partial charge in [0, 0.05) is 12.6 Å². The smallest absolute Gasteiger partial charge is 0.0594 e. The lowest BCUT2D eigenvalue weighted by atomic mass is 9.95. The van der Waals surface area contributed by atoms with Crippen LogP contribution in [0, 0.1) is 0 Å². The van der Waals surface area contributed by atoms with Crippen LogP contribution >= 0.6 is 0 Å². The van der Waals surface area contributed by atoms with Gasteiger partial charge in [0.15, 0.2) is 0 Å². The molecule has 0 aliphatic carbocycles. The molecule has 3 heteroatoms. The number of rotatable bonds is 4. The summed E-state index contributed by atoms with van der Waals surface area (Å²) < 4.78 is 5.72. The van der Waals surface area contributed by atoms with Gasteiger partial charge in [-0.3, -0.25) is 11.3 Å². The number of fused-ring (bicyclic) bond motifs is 1. The van der Waals surface area contributed by atoms with Crippen molar-refractivity contribution in [3.63, 3.8) is 0 Å². The number of ether oxygens (including phenoxy) is 1. The molecule has 0 radical (unpaired) electrons. The molecule has 2 aromatic rings. The fraction of sp³-hybridized carbons (Fsp3) is 0.375. The highest BCUT2D eigenvalue weighted by atomic mass is 16.5. The number of hydrogen-bond acceptors (Lipinski definition) is 3. The Hall–Kier alpha value is -1.42. The third kappa shape index (κ3) is 2.63. The van der Waals surface area contributed by atoms with Crippen molar-refractivity contribution in [2.45, 2.75) is 31.4 Å². The van der Waals surface area contributed by atoms with E-state index >= 15 is 0 Å². The zero-order chi connectivity index (χ0) is 13.1. The van der Waals surface area contributed by atoms with Gasteiger partial charge < -0.3 is 4.74 Å². The van der Waals surface area contributed by atoms with Crippen molar-refractivity contribution in [1.29, 1.82) is 0 Å². The van der Waals surface area contributed by atoms with Crippen LogP contribution in [0.5, 0.6) is 0 Å². The van der Waals surface area contributed by atoms with E-state index in [1.54, 1.807) is 0 Å². The topological polar surface area (TPSA) is 47.3 Å². The molecule has 100 valence electrons. The molecular formula is C16H20N2O. The minimum Gasteiger partial charge on any atom is -0.378 e. The Balaban J connectivity index is 1.91. The number of hydrogen-bond donors (Lipinski definition) is 2. The van der Waals surface area contributed by atoms with E-state index in [1.807, 2.05) is 0 Å². The van der Waals surface area contributed by atoms with Gasteiger partial charge in [-0.1, -0.05) is 42.5 Å². The van der Waals surface area contributed by atoms with E-state index in [-0.39, 0.29) is 6.04 Å². The molecule has 2 atom stereocenters. The SMILES string of the molecule is NNC(CC1CCCO1)c1cccc2ccccc12. The average molecular weight is 256 g/mol. The first kappa shape index (κ1) is 12.6. The van der Waals surface area contributed by atoms with E-state index in [2.05, 4.69) is 47.9 Å². The van der Waals surface area contributed by atoms with Crippen LogP contribution in [0.3, 0.4) is 0 Å². The van der Waals surface area contributed by atoms with Gasteiger partial charge in [-0.2, -0.15) is 0 Å². The maximum absolute atomic E-state index is 5.77. The van der Waals surface area contributed by atoms with Crippen LogP contribution in [0.1, 0.15) is 30.9 Å². The minimum atomic E-state index is 0.147. The Morgan fingerprint density at radius 2 is 2.05 bits per heavy atom. The number of benzene rings is 2. The second-order valence-corrected chi connectivity index (χ2v) is 5.16. The van der Waals surface area contributed by atoms with Gasteiger partial charge in [0.2, 0.25) is 0 Å². The third-order valence-electron chi connectivity index (χ3n) is 3.92. The summed E-state index contributed by atoms with van der Waals surface area (Å²) in [5.41, 5.74) is 4.22. The Labute approximate surface area is 113 Å². The summed E-state index contributed by atoms with van der Waals surface area (Å²) in [6, 6.07) is 15.0. The molecule has 0 spiro atoms. The lowest BCUT2D eigenvalue weighted by molar-refractivity contribution is 0.0947. The van der Waals surface area contributed by atoms with Gasteiger partial charge in [0.05, 0.1) is 6.10 Å². The molecule has 2 unspecified atom stereocenters. The summed E-state index contributed by atoms with van der Waals surface area (Å²) in [5, 5.41) is 2.53.